The highest BCUT2D eigenvalue weighted by atomic mass is 16.4. The van der Waals surface area contributed by atoms with E-state index in [2.05, 4.69) is 13.8 Å². The first-order valence-corrected chi connectivity index (χ1v) is 19.5. The number of hydrogen-bond donors (Lipinski definition) is 3. The quantitative estimate of drug-likeness (QED) is 0.0614. The second-order valence-electron chi connectivity index (χ2n) is 12.9. The van der Waals surface area contributed by atoms with Crippen molar-refractivity contribution >= 4 is 17.9 Å². The molecule has 0 amide bonds. The van der Waals surface area contributed by atoms with Gasteiger partial charge in [0.25, 0.3) is 0 Å². The summed E-state index contributed by atoms with van der Waals surface area (Å²) in [4.78, 5) is 30.0. The van der Waals surface area contributed by atoms with Crippen LogP contribution in [0.3, 0.4) is 0 Å². The van der Waals surface area contributed by atoms with Crippen molar-refractivity contribution in [2.24, 2.45) is 0 Å². The van der Waals surface area contributed by atoms with Crippen LogP contribution < -0.4 is 0 Å². The predicted molar refractivity (Wildman–Crippen MR) is 192 cm³/mol. The van der Waals surface area contributed by atoms with Gasteiger partial charge < -0.3 is 15.3 Å². The van der Waals surface area contributed by atoms with E-state index in [1.54, 1.807) is 6.92 Å². The van der Waals surface area contributed by atoms with E-state index in [1.165, 1.54) is 167 Å². The monoisotopic (exact) mass is 643 g/mol. The van der Waals surface area contributed by atoms with Crippen molar-refractivity contribution in [3.63, 3.8) is 0 Å². The summed E-state index contributed by atoms with van der Waals surface area (Å²) in [5, 5.41) is 24.8. The van der Waals surface area contributed by atoms with Crippen LogP contribution in [0.2, 0.25) is 0 Å². The average Bonchev–Trinajstić information content (AvgIpc) is 3.01. The molecular weight excluding hydrogens is 564 g/mol. The van der Waals surface area contributed by atoms with Gasteiger partial charge in [0.05, 0.1) is 0 Å². The molecular formula is C39H78O6. The summed E-state index contributed by atoms with van der Waals surface area (Å²) in [6, 6.07) is 0. The molecule has 0 aliphatic heterocycles. The molecule has 0 aliphatic carbocycles. The minimum absolute atomic E-state index is 0.222. The molecule has 6 nitrogen and oxygen atoms in total. The smallest absolute Gasteiger partial charge is 0.303 e. The van der Waals surface area contributed by atoms with Gasteiger partial charge in [0.15, 0.2) is 0 Å². The fourth-order valence-electron chi connectivity index (χ4n) is 5.30. The molecule has 0 atom stereocenters. The molecule has 0 rings (SSSR count). The molecule has 0 spiro atoms. The highest BCUT2D eigenvalue weighted by Crippen LogP contribution is 2.15. The Morgan fingerprint density at radius 1 is 0.289 bits per heavy atom. The molecule has 0 unspecified atom stereocenters. The number of hydrogen-bond acceptors (Lipinski definition) is 3. The summed E-state index contributed by atoms with van der Waals surface area (Å²) in [6.07, 6.45) is 40.6. The van der Waals surface area contributed by atoms with E-state index in [-0.39, 0.29) is 6.42 Å². The van der Waals surface area contributed by atoms with E-state index < -0.39 is 17.9 Å². The standard InChI is InChI=1S/2C18H36O2.C3H6O2/c2*1-2-3-4-5-6-7-8-9-10-11-12-13-14-15-16-17-18(19)20;1-2-3(4)5/h2*2-17H2,1H3,(H,19,20);2H2,1H3,(H,4,5). The minimum Gasteiger partial charge on any atom is -0.481 e. The SMILES string of the molecule is CCC(=O)O.CCCCCCCCCCCCCCCCCC(=O)O.CCCCCCCCCCCCCCCCCC(=O)O. The Kier molecular flexibility index (Phi) is 47.3. The number of carboxylic acid groups (broad SMARTS) is 3. The molecule has 0 aromatic rings. The zero-order valence-electron chi connectivity index (χ0n) is 30.4. The second kappa shape index (κ2) is 44.5. The molecule has 0 saturated heterocycles. The Morgan fingerprint density at radius 2 is 0.444 bits per heavy atom. The van der Waals surface area contributed by atoms with E-state index in [1.807, 2.05) is 0 Å². The fourth-order valence-corrected chi connectivity index (χ4v) is 5.30. The summed E-state index contributed by atoms with van der Waals surface area (Å²) in [5.41, 5.74) is 0. The van der Waals surface area contributed by atoms with E-state index in [0.29, 0.717) is 12.8 Å². The van der Waals surface area contributed by atoms with Crippen LogP contribution in [0.1, 0.15) is 233 Å². The van der Waals surface area contributed by atoms with Crippen LogP contribution in [0.4, 0.5) is 0 Å². The van der Waals surface area contributed by atoms with Crippen molar-refractivity contribution in [2.75, 3.05) is 0 Å². The number of rotatable bonds is 33. The zero-order chi connectivity index (χ0) is 34.1. The summed E-state index contributed by atoms with van der Waals surface area (Å²) in [7, 11) is 0. The van der Waals surface area contributed by atoms with Crippen LogP contribution >= 0.6 is 0 Å². The van der Waals surface area contributed by atoms with Crippen LogP contribution in [0, 0.1) is 0 Å². The predicted octanol–water partition coefficient (Wildman–Crippen LogP) is 13.1. The lowest BCUT2D eigenvalue weighted by Gasteiger charge is -2.03. The van der Waals surface area contributed by atoms with Crippen molar-refractivity contribution in [1.29, 1.82) is 0 Å². The molecule has 0 aromatic heterocycles. The summed E-state index contributed by atoms with van der Waals surface area (Å²) < 4.78 is 0. The Morgan fingerprint density at radius 3 is 0.578 bits per heavy atom. The summed E-state index contributed by atoms with van der Waals surface area (Å²) >= 11 is 0. The zero-order valence-corrected chi connectivity index (χ0v) is 30.4. The molecule has 270 valence electrons. The van der Waals surface area contributed by atoms with E-state index in [9.17, 15) is 14.4 Å². The van der Waals surface area contributed by atoms with Gasteiger partial charge in [-0.05, 0) is 12.8 Å². The van der Waals surface area contributed by atoms with Gasteiger partial charge in [0.2, 0.25) is 0 Å². The molecule has 3 N–H and O–H groups in total. The Bertz CT molecular complexity index is 548. The minimum atomic E-state index is -0.745. The van der Waals surface area contributed by atoms with E-state index in [0.717, 1.165) is 25.7 Å². The van der Waals surface area contributed by atoms with Gasteiger partial charge in [-0.25, -0.2) is 0 Å². The summed E-state index contributed by atoms with van der Waals surface area (Å²) in [6.45, 7) is 6.14. The highest BCUT2D eigenvalue weighted by molar-refractivity contribution is 5.67. The third kappa shape index (κ3) is 58.5. The molecule has 0 radical (unpaired) electrons. The number of unbranched alkanes of at least 4 members (excludes halogenated alkanes) is 28. The molecule has 0 bridgehead atoms. The fraction of sp³-hybridized carbons (Fsp3) is 0.923. The van der Waals surface area contributed by atoms with Crippen LogP contribution in [-0.2, 0) is 14.4 Å². The molecule has 45 heavy (non-hydrogen) atoms. The Balaban J connectivity index is -0.000000680. The highest BCUT2D eigenvalue weighted by Gasteiger charge is 1.98. The van der Waals surface area contributed by atoms with E-state index >= 15 is 0 Å². The van der Waals surface area contributed by atoms with Crippen molar-refractivity contribution < 1.29 is 29.7 Å². The van der Waals surface area contributed by atoms with Gasteiger partial charge in [0, 0.05) is 19.3 Å². The van der Waals surface area contributed by atoms with Gasteiger partial charge >= 0.3 is 17.9 Å². The molecule has 0 heterocycles. The maximum Gasteiger partial charge on any atom is 0.303 e. The molecule has 0 aromatic carbocycles. The average molecular weight is 643 g/mol. The Hall–Kier alpha value is -1.59. The molecule has 0 saturated carbocycles. The Labute approximate surface area is 279 Å². The number of aliphatic carboxylic acids is 3. The third-order valence-electron chi connectivity index (χ3n) is 8.29. The number of carboxylic acids is 3. The van der Waals surface area contributed by atoms with Crippen molar-refractivity contribution in [2.45, 2.75) is 233 Å². The van der Waals surface area contributed by atoms with Crippen LogP contribution in [-0.4, -0.2) is 33.2 Å². The van der Waals surface area contributed by atoms with Crippen LogP contribution in [0.15, 0.2) is 0 Å². The van der Waals surface area contributed by atoms with Gasteiger partial charge in [-0.15, -0.1) is 0 Å². The van der Waals surface area contributed by atoms with Gasteiger partial charge in [-0.2, -0.15) is 0 Å². The van der Waals surface area contributed by atoms with E-state index in [4.69, 9.17) is 15.3 Å². The largest absolute Gasteiger partial charge is 0.481 e. The lowest BCUT2D eigenvalue weighted by atomic mass is 10.0. The molecule has 0 aliphatic rings. The van der Waals surface area contributed by atoms with Crippen molar-refractivity contribution in [1.82, 2.24) is 0 Å². The maximum absolute atomic E-state index is 10.3. The summed E-state index contributed by atoms with van der Waals surface area (Å²) in [5.74, 6) is -2.05. The maximum atomic E-state index is 10.3. The van der Waals surface area contributed by atoms with Crippen molar-refractivity contribution in [3.05, 3.63) is 0 Å². The first-order valence-electron chi connectivity index (χ1n) is 19.5. The van der Waals surface area contributed by atoms with Gasteiger partial charge in [-0.3, -0.25) is 14.4 Å². The lowest BCUT2D eigenvalue weighted by Crippen LogP contribution is -1.93. The van der Waals surface area contributed by atoms with Gasteiger partial charge in [-0.1, -0.05) is 201 Å². The third-order valence-corrected chi connectivity index (χ3v) is 8.29. The molecule has 6 heteroatoms. The van der Waals surface area contributed by atoms with Crippen LogP contribution in [0.5, 0.6) is 0 Å². The topological polar surface area (TPSA) is 112 Å². The lowest BCUT2D eigenvalue weighted by molar-refractivity contribution is -0.138. The van der Waals surface area contributed by atoms with Crippen molar-refractivity contribution in [3.8, 4) is 0 Å². The molecule has 0 fully saturated rings. The number of carbonyl (C=O) groups is 3. The first kappa shape index (κ1) is 47.8. The van der Waals surface area contributed by atoms with Crippen LogP contribution in [0.25, 0.3) is 0 Å². The first-order chi connectivity index (χ1) is 21.8. The van der Waals surface area contributed by atoms with Gasteiger partial charge in [0.1, 0.15) is 0 Å². The normalized spacial score (nSPS) is 10.5. The second-order valence-corrected chi connectivity index (χ2v) is 12.9.